The van der Waals surface area contributed by atoms with Crippen molar-refractivity contribution in [2.24, 2.45) is 29.6 Å². The van der Waals surface area contributed by atoms with Gasteiger partial charge in [0.25, 0.3) is 0 Å². The lowest BCUT2D eigenvalue weighted by Gasteiger charge is -2.36. The summed E-state index contributed by atoms with van der Waals surface area (Å²) in [5.74, 6) is 5.41. The fourth-order valence-corrected chi connectivity index (χ4v) is 4.66. The molecule has 0 amide bonds. The number of nitrogens with one attached hydrogen (secondary N) is 1. The molecular weight excluding hydrogens is 182 g/mol. The minimum Gasteiger partial charge on any atom is -0.317 e. The Morgan fingerprint density at radius 3 is 2.40 bits per heavy atom. The molecule has 0 aromatic rings. The van der Waals surface area contributed by atoms with Crippen molar-refractivity contribution in [2.75, 3.05) is 13.1 Å². The molecule has 2 saturated carbocycles. The Bertz CT molecular complexity index is 219. The molecule has 4 atom stereocenters. The summed E-state index contributed by atoms with van der Waals surface area (Å²) in [5, 5.41) is 3.49. The zero-order valence-corrected chi connectivity index (χ0v) is 10.0. The van der Waals surface area contributed by atoms with E-state index < -0.39 is 0 Å². The van der Waals surface area contributed by atoms with Crippen molar-refractivity contribution >= 4 is 0 Å². The van der Waals surface area contributed by atoms with Crippen LogP contribution in [0.4, 0.5) is 0 Å². The Morgan fingerprint density at radius 1 is 1.00 bits per heavy atom. The minimum absolute atomic E-state index is 1.02. The van der Waals surface area contributed by atoms with E-state index in [0.29, 0.717) is 0 Å². The second kappa shape index (κ2) is 4.08. The van der Waals surface area contributed by atoms with Crippen molar-refractivity contribution in [3.63, 3.8) is 0 Å². The number of hydrogen-bond donors (Lipinski definition) is 1. The molecule has 1 saturated heterocycles. The van der Waals surface area contributed by atoms with E-state index in [0.717, 1.165) is 29.6 Å². The first-order valence-electron chi connectivity index (χ1n) is 7.05. The largest absolute Gasteiger partial charge is 0.317 e. The van der Waals surface area contributed by atoms with E-state index in [9.17, 15) is 0 Å². The van der Waals surface area contributed by atoms with Gasteiger partial charge in [0.1, 0.15) is 0 Å². The zero-order valence-electron chi connectivity index (χ0n) is 10.0. The highest BCUT2D eigenvalue weighted by molar-refractivity contribution is 4.93. The Kier molecular flexibility index (Phi) is 2.76. The van der Waals surface area contributed by atoms with Crippen molar-refractivity contribution < 1.29 is 0 Å². The van der Waals surface area contributed by atoms with Crippen LogP contribution in [0.2, 0.25) is 0 Å². The molecule has 86 valence electrons. The van der Waals surface area contributed by atoms with Gasteiger partial charge in [0.05, 0.1) is 0 Å². The Labute approximate surface area is 94.0 Å². The third-order valence-corrected chi connectivity index (χ3v) is 5.60. The van der Waals surface area contributed by atoms with Crippen LogP contribution in [0.3, 0.4) is 0 Å². The zero-order chi connectivity index (χ0) is 10.3. The average molecular weight is 207 g/mol. The maximum atomic E-state index is 3.49. The van der Waals surface area contributed by atoms with Crippen molar-refractivity contribution in [3.8, 4) is 0 Å². The van der Waals surface area contributed by atoms with Crippen molar-refractivity contribution in [3.05, 3.63) is 0 Å². The molecule has 1 aliphatic heterocycles. The molecule has 1 N–H and O–H groups in total. The number of rotatable bonds is 2. The molecule has 0 aromatic heterocycles. The quantitative estimate of drug-likeness (QED) is 0.734. The van der Waals surface area contributed by atoms with Crippen LogP contribution in [0, 0.1) is 29.6 Å². The molecule has 2 bridgehead atoms. The van der Waals surface area contributed by atoms with Gasteiger partial charge >= 0.3 is 0 Å². The molecule has 0 aromatic carbocycles. The van der Waals surface area contributed by atoms with Gasteiger partial charge in [0.2, 0.25) is 0 Å². The second-order valence-electron chi connectivity index (χ2n) is 6.29. The third kappa shape index (κ3) is 1.84. The maximum Gasteiger partial charge on any atom is -0.00462 e. The lowest BCUT2D eigenvalue weighted by atomic mass is 9.72. The van der Waals surface area contributed by atoms with Crippen LogP contribution in [-0.4, -0.2) is 13.1 Å². The van der Waals surface area contributed by atoms with E-state index in [1.807, 2.05) is 0 Å². The molecule has 0 radical (unpaired) electrons. The molecule has 1 heterocycles. The van der Waals surface area contributed by atoms with Gasteiger partial charge in [0.15, 0.2) is 0 Å². The Morgan fingerprint density at radius 2 is 1.80 bits per heavy atom. The summed E-state index contributed by atoms with van der Waals surface area (Å²) in [6, 6.07) is 0. The topological polar surface area (TPSA) is 12.0 Å². The fourth-order valence-electron chi connectivity index (χ4n) is 4.66. The maximum absolute atomic E-state index is 3.49. The van der Waals surface area contributed by atoms with Gasteiger partial charge in [-0.1, -0.05) is 13.3 Å². The molecule has 0 spiro atoms. The highest BCUT2D eigenvalue weighted by atomic mass is 14.9. The predicted molar refractivity (Wildman–Crippen MR) is 63.7 cm³/mol. The molecular formula is C14H25N. The van der Waals surface area contributed by atoms with Crippen molar-refractivity contribution in [2.45, 2.75) is 45.4 Å². The predicted octanol–water partition coefficient (Wildman–Crippen LogP) is 3.06. The minimum atomic E-state index is 1.02. The third-order valence-electron chi connectivity index (χ3n) is 5.60. The smallest absolute Gasteiger partial charge is 0.00462 e. The fraction of sp³-hybridized carbons (Fsp3) is 1.00. The standard InChI is InChI=1S/C14H25N/c1-10(12-4-6-15-7-5-12)14-9-11-2-3-13(14)8-11/h10-15H,2-9H2,1H3. The molecule has 3 rings (SSSR count). The second-order valence-corrected chi connectivity index (χ2v) is 6.29. The summed E-state index contributed by atoms with van der Waals surface area (Å²) in [7, 11) is 0. The molecule has 15 heavy (non-hydrogen) atoms. The SMILES string of the molecule is CC(C1CCNCC1)C1CC2CCC1C2. The van der Waals surface area contributed by atoms with E-state index in [1.54, 1.807) is 25.7 Å². The van der Waals surface area contributed by atoms with E-state index in [1.165, 1.54) is 25.9 Å². The van der Waals surface area contributed by atoms with Gasteiger partial charge < -0.3 is 5.32 Å². The van der Waals surface area contributed by atoms with E-state index in [4.69, 9.17) is 0 Å². The lowest BCUT2D eigenvalue weighted by Crippen LogP contribution is -2.34. The Hall–Kier alpha value is -0.0400. The normalized spacial score (nSPS) is 43.4. The molecule has 1 heteroatoms. The first-order chi connectivity index (χ1) is 7.34. The first-order valence-corrected chi connectivity index (χ1v) is 7.05. The summed E-state index contributed by atoms with van der Waals surface area (Å²) in [6.07, 6.45) is 9.16. The number of hydrogen-bond acceptors (Lipinski definition) is 1. The van der Waals surface area contributed by atoms with Gasteiger partial charge in [-0.3, -0.25) is 0 Å². The van der Waals surface area contributed by atoms with Crippen LogP contribution in [-0.2, 0) is 0 Å². The van der Waals surface area contributed by atoms with Crippen LogP contribution >= 0.6 is 0 Å². The number of piperidine rings is 1. The molecule has 3 aliphatic rings. The van der Waals surface area contributed by atoms with Gasteiger partial charge in [0, 0.05) is 0 Å². The Balaban J connectivity index is 1.61. The molecule has 3 fully saturated rings. The van der Waals surface area contributed by atoms with Gasteiger partial charge in [-0.05, 0) is 74.8 Å². The van der Waals surface area contributed by atoms with Gasteiger partial charge in [-0.2, -0.15) is 0 Å². The van der Waals surface area contributed by atoms with E-state index >= 15 is 0 Å². The first kappa shape index (κ1) is 10.1. The highest BCUT2D eigenvalue weighted by Crippen LogP contribution is 2.52. The summed E-state index contributed by atoms with van der Waals surface area (Å²) >= 11 is 0. The lowest BCUT2D eigenvalue weighted by molar-refractivity contribution is 0.151. The van der Waals surface area contributed by atoms with Crippen molar-refractivity contribution in [1.29, 1.82) is 0 Å². The summed E-state index contributed by atoms with van der Waals surface area (Å²) in [4.78, 5) is 0. The monoisotopic (exact) mass is 207 g/mol. The highest BCUT2D eigenvalue weighted by Gasteiger charge is 2.43. The van der Waals surface area contributed by atoms with Crippen LogP contribution < -0.4 is 5.32 Å². The average Bonchev–Trinajstić information content (AvgIpc) is 2.91. The molecule has 2 aliphatic carbocycles. The van der Waals surface area contributed by atoms with Gasteiger partial charge in [-0.25, -0.2) is 0 Å². The van der Waals surface area contributed by atoms with Crippen LogP contribution in [0.25, 0.3) is 0 Å². The molecule has 4 unspecified atom stereocenters. The van der Waals surface area contributed by atoms with Crippen LogP contribution in [0.5, 0.6) is 0 Å². The summed E-state index contributed by atoms with van der Waals surface area (Å²) in [6.45, 7) is 5.10. The van der Waals surface area contributed by atoms with Crippen molar-refractivity contribution in [1.82, 2.24) is 5.32 Å². The van der Waals surface area contributed by atoms with Gasteiger partial charge in [-0.15, -0.1) is 0 Å². The summed E-state index contributed by atoms with van der Waals surface area (Å²) < 4.78 is 0. The molecule has 1 nitrogen and oxygen atoms in total. The summed E-state index contributed by atoms with van der Waals surface area (Å²) in [5.41, 5.74) is 0. The van der Waals surface area contributed by atoms with E-state index in [2.05, 4.69) is 12.2 Å². The van der Waals surface area contributed by atoms with Crippen LogP contribution in [0.15, 0.2) is 0 Å². The van der Waals surface area contributed by atoms with Crippen LogP contribution in [0.1, 0.15) is 45.4 Å². The van der Waals surface area contributed by atoms with E-state index in [-0.39, 0.29) is 0 Å². The number of fused-ring (bicyclic) bond motifs is 2.